The van der Waals surface area contributed by atoms with Gasteiger partial charge in [0.05, 0.1) is 11.0 Å². The van der Waals surface area contributed by atoms with Gasteiger partial charge in [-0.2, -0.15) is 0 Å². The molecule has 2 atom stereocenters. The summed E-state index contributed by atoms with van der Waals surface area (Å²) >= 11 is 0. The maximum absolute atomic E-state index is 12.5. The van der Waals surface area contributed by atoms with Crippen LogP contribution in [0.15, 0.2) is 29.2 Å². The lowest BCUT2D eigenvalue weighted by Gasteiger charge is -2.26. The van der Waals surface area contributed by atoms with E-state index in [1.807, 2.05) is 24.3 Å². The highest BCUT2D eigenvalue weighted by atomic mass is 32.2. The van der Waals surface area contributed by atoms with Crippen LogP contribution in [0.4, 0.5) is 0 Å². The highest BCUT2D eigenvalue weighted by molar-refractivity contribution is 7.93. The second-order valence-corrected chi connectivity index (χ2v) is 8.17. The van der Waals surface area contributed by atoms with Crippen LogP contribution >= 0.6 is 0 Å². The summed E-state index contributed by atoms with van der Waals surface area (Å²) in [6.45, 7) is 0.429. The summed E-state index contributed by atoms with van der Waals surface area (Å²) in [5, 5.41) is 9.68. The number of allylic oxidation sites excluding steroid dienone is 1. The molecule has 0 aliphatic heterocycles. The summed E-state index contributed by atoms with van der Waals surface area (Å²) in [6.07, 6.45) is 6.34. The zero-order valence-electron chi connectivity index (χ0n) is 12.7. The van der Waals surface area contributed by atoms with Crippen molar-refractivity contribution in [2.75, 3.05) is 6.54 Å². The van der Waals surface area contributed by atoms with Crippen LogP contribution in [0.2, 0.25) is 0 Å². The molecule has 120 valence electrons. The molecule has 0 spiro atoms. The number of rotatable bonds is 4. The predicted octanol–water partition coefficient (Wildman–Crippen LogP) is 2.44. The summed E-state index contributed by atoms with van der Waals surface area (Å²) in [5.41, 5.74) is 2.21. The molecule has 1 aromatic rings. The molecule has 1 saturated carbocycles. The zero-order valence-corrected chi connectivity index (χ0v) is 13.5. The van der Waals surface area contributed by atoms with E-state index in [9.17, 15) is 13.5 Å². The minimum atomic E-state index is -3.41. The van der Waals surface area contributed by atoms with Crippen molar-refractivity contribution in [2.45, 2.75) is 44.6 Å². The van der Waals surface area contributed by atoms with Crippen LogP contribution in [-0.2, 0) is 16.4 Å². The van der Waals surface area contributed by atoms with Crippen molar-refractivity contribution in [1.29, 1.82) is 0 Å². The van der Waals surface area contributed by atoms with E-state index in [1.54, 1.807) is 6.08 Å². The van der Waals surface area contributed by atoms with Crippen molar-refractivity contribution in [3.63, 3.8) is 0 Å². The van der Waals surface area contributed by atoms with Crippen LogP contribution in [0.3, 0.4) is 0 Å². The number of nitrogens with one attached hydrogen (secondary N) is 1. The van der Waals surface area contributed by atoms with Gasteiger partial charge in [0.1, 0.15) is 0 Å². The van der Waals surface area contributed by atoms with Gasteiger partial charge in [0, 0.05) is 6.54 Å². The third-order valence-corrected chi connectivity index (χ3v) is 6.23. The first-order valence-corrected chi connectivity index (χ1v) is 9.49. The molecule has 0 amide bonds. The normalized spacial score (nSPS) is 25.4. The second-order valence-electron chi connectivity index (χ2n) is 6.35. The quantitative estimate of drug-likeness (QED) is 0.895. The number of sulfonamides is 1. The van der Waals surface area contributed by atoms with Gasteiger partial charge < -0.3 is 5.11 Å². The SMILES string of the molecule is O=S(=O)(NCC1CCCC(O)C1)C1=Cc2ccccc2CC1. The lowest BCUT2D eigenvalue weighted by atomic mass is 9.87. The minimum absolute atomic E-state index is 0.245. The molecule has 2 aliphatic carbocycles. The smallest absolute Gasteiger partial charge is 0.236 e. The largest absolute Gasteiger partial charge is 0.393 e. The topological polar surface area (TPSA) is 66.4 Å². The molecule has 2 unspecified atom stereocenters. The number of benzene rings is 1. The van der Waals surface area contributed by atoms with Crippen molar-refractivity contribution < 1.29 is 13.5 Å². The summed E-state index contributed by atoms with van der Waals surface area (Å²) in [4.78, 5) is 0.475. The molecule has 4 nitrogen and oxygen atoms in total. The van der Waals surface area contributed by atoms with Gasteiger partial charge in [0.15, 0.2) is 0 Å². The molecule has 3 rings (SSSR count). The van der Waals surface area contributed by atoms with Crippen LogP contribution < -0.4 is 4.72 Å². The Morgan fingerprint density at radius 2 is 2.00 bits per heavy atom. The first-order valence-electron chi connectivity index (χ1n) is 8.01. The van der Waals surface area contributed by atoms with E-state index in [1.165, 1.54) is 5.56 Å². The monoisotopic (exact) mass is 321 g/mol. The Labute approximate surface area is 132 Å². The maximum Gasteiger partial charge on any atom is 0.236 e. The Kier molecular flexibility index (Phi) is 4.66. The lowest BCUT2D eigenvalue weighted by molar-refractivity contribution is 0.102. The summed E-state index contributed by atoms with van der Waals surface area (Å²) in [7, 11) is -3.41. The van der Waals surface area contributed by atoms with Crippen LogP contribution in [0, 0.1) is 5.92 Å². The summed E-state index contributed by atoms with van der Waals surface area (Å²) < 4.78 is 27.7. The molecule has 0 heterocycles. The first kappa shape index (κ1) is 15.7. The van der Waals surface area contributed by atoms with Gasteiger partial charge in [-0.05, 0) is 55.2 Å². The molecular weight excluding hydrogens is 298 g/mol. The molecule has 2 aliphatic rings. The molecule has 0 saturated heterocycles. The third-order valence-electron chi connectivity index (χ3n) is 4.67. The van der Waals surface area contributed by atoms with E-state index < -0.39 is 10.0 Å². The second kappa shape index (κ2) is 6.52. The lowest BCUT2D eigenvalue weighted by Crippen LogP contribution is -2.34. The molecule has 2 N–H and O–H groups in total. The number of aliphatic hydroxyl groups excluding tert-OH is 1. The Bertz CT molecular complexity index is 666. The van der Waals surface area contributed by atoms with E-state index in [4.69, 9.17) is 0 Å². The molecule has 0 aromatic heterocycles. The Balaban J connectivity index is 1.67. The van der Waals surface area contributed by atoms with Crippen LogP contribution in [0.5, 0.6) is 0 Å². The highest BCUT2D eigenvalue weighted by Gasteiger charge is 2.25. The highest BCUT2D eigenvalue weighted by Crippen LogP contribution is 2.27. The summed E-state index contributed by atoms with van der Waals surface area (Å²) in [6, 6.07) is 7.92. The molecule has 1 aromatic carbocycles. The number of aliphatic hydroxyl groups is 1. The van der Waals surface area contributed by atoms with Crippen molar-refractivity contribution in [1.82, 2.24) is 4.72 Å². The molecule has 0 radical (unpaired) electrons. The fourth-order valence-electron chi connectivity index (χ4n) is 3.39. The molecule has 5 heteroatoms. The first-order chi connectivity index (χ1) is 10.5. The van der Waals surface area contributed by atoms with Gasteiger partial charge in [-0.1, -0.05) is 30.7 Å². The van der Waals surface area contributed by atoms with Crippen LogP contribution in [-0.4, -0.2) is 26.2 Å². The molecule has 22 heavy (non-hydrogen) atoms. The number of fused-ring (bicyclic) bond motifs is 1. The Morgan fingerprint density at radius 1 is 1.18 bits per heavy atom. The van der Waals surface area contributed by atoms with Gasteiger partial charge in [-0.3, -0.25) is 0 Å². The van der Waals surface area contributed by atoms with Crippen molar-refractivity contribution in [3.8, 4) is 0 Å². The Hall–Kier alpha value is -1.17. The predicted molar refractivity (Wildman–Crippen MR) is 87.6 cm³/mol. The summed E-state index contributed by atoms with van der Waals surface area (Å²) in [5.74, 6) is 0.245. The van der Waals surface area contributed by atoms with E-state index >= 15 is 0 Å². The molecular formula is C17H23NO3S. The van der Waals surface area contributed by atoms with Gasteiger partial charge >= 0.3 is 0 Å². The van der Waals surface area contributed by atoms with E-state index in [0.29, 0.717) is 24.3 Å². The van der Waals surface area contributed by atoms with Crippen LogP contribution in [0.1, 0.15) is 43.2 Å². The van der Waals surface area contributed by atoms with E-state index in [-0.39, 0.29) is 12.0 Å². The number of hydrogen-bond donors (Lipinski definition) is 2. The van der Waals surface area contributed by atoms with Crippen molar-refractivity contribution >= 4 is 16.1 Å². The van der Waals surface area contributed by atoms with Crippen LogP contribution in [0.25, 0.3) is 6.08 Å². The average molecular weight is 321 g/mol. The van der Waals surface area contributed by atoms with Gasteiger partial charge in [0.25, 0.3) is 0 Å². The maximum atomic E-state index is 12.5. The Morgan fingerprint density at radius 3 is 2.82 bits per heavy atom. The van der Waals surface area contributed by atoms with Gasteiger partial charge in [-0.15, -0.1) is 0 Å². The van der Waals surface area contributed by atoms with Gasteiger partial charge in [-0.25, -0.2) is 13.1 Å². The number of aryl methyl sites for hydroxylation is 1. The fraction of sp³-hybridized carbons (Fsp3) is 0.529. The van der Waals surface area contributed by atoms with E-state index in [0.717, 1.165) is 31.2 Å². The molecule has 1 fully saturated rings. The fourth-order valence-corrected chi connectivity index (χ4v) is 4.68. The zero-order chi connectivity index (χ0) is 15.6. The third kappa shape index (κ3) is 3.59. The minimum Gasteiger partial charge on any atom is -0.393 e. The van der Waals surface area contributed by atoms with Crippen molar-refractivity contribution in [3.05, 3.63) is 40.3 Å². The average Bonchev–Trinajstić information content (AvgIpc) is 2.53. The van der Waals surface area contributed by atoms with Crippen molar-refractivity contribution in [2.24, 2.45) is 5.92 Å². The van der Waals surface area contributed by atoms with Gasteiger partial charge in [0.2, 0.25) is 10.0 Å². The van der Waals surface area contributed by atoms with E-state index in [2.05, 4.69) is 4.72 Å². The standard InChI is InChI=1S/C17H23NO3S/c19-16-7-3-4-13(10-16)12-18-22(20,21)17-9-8-14-5-1-2-6-15(14)11-17/h1-2,5-6,11,13,16,18-19H,3-4,7-10,12H2. The number of hydrogen-bond acceptors (Lipinski definition) is 3. The molecule has 0 bridgehead atoms.